The average molecular weight is 388 g/mol. The Morgan fingerprint density at radius 3 is 2.69 bits per heavy atom. The molecule has 0 radical (unpaired) electrons. The van der Waals surface area contributed by atoms with Gasteiger partial charge in [0.15, 0.2) is 6.61 Å². The molecule has 1 saturated heterocycles. The molecule has 0 unspecified atom stereocenters. The first-order valence-corrected chi connectivity index (χ1v) is 9.87. The SMILES string of the molecule is O=C(COc1ccccc1)N1CCC[C@@H](c2ccc(Nc3ccccn3)cn2)C1. The van der Waals surface area contributed by atoms with Crippen LogP contribution in [0, 0.1) is 0 Å². The number of hydrogen-bond donors (Lipinski definition) is 1. The van der Waals surface area contributed by atoms with Crippen molar-refractivity contribution in [3.63, 3.8) is 0 Å². The number of aromatic nitrogens is 2. The number of anilines is 2. The van der Waals surface area contributed by atoms with E-state index in [1.54, 1.807) is 6.20 Å². The van der Waals surface area contributed by atoms with Gasteiger partial charge in [0.1, 0.15) is 11.6 Å². The fourth-order valence-corrected chi connectivity index (χ4v) is 3.50. The second kappa shape index (κ2) is 9.19. The average Bonchev–Trinajstić information content (AvgIpc) is 2.79. The lowest BCUT2D eigenvalue weighted by atomic mass is 9.94. The highest BCUT2D eigenvalue weighted by molar-refractivity contribution is 5.78. The monoisotopic (exact) mass is 388 g/mol. The van der Waals surface area contributed by atoms with Crippen LogP contribution in [0.3, 0.4) is 0 Å². The van der Waals surface area contributed by atoms with Gasteiger partial charge < -0.3 is 15.0 Å². The minimum atomic E-state index is 0.0204. The Morgan fingerprint density at radius 1 is 1.07 bits per heavy atom. The van der Waals surface area contributed by atoms with E-state index in [1.165, 1.54) is 0 Å². The first kappa shape index (κ1) is 18.9. The van der Waals surface area contributed by atoms with Gasteiger partial charge >= 0.3 is 0 Å². The van der Waals surface area contributed by atoms with Gasteiger partial charge in [0.2, 0.25) is 0 Å². The molecular formula is C23H24N4O2. The van der Waals surface area contributed by atoms with Gasteiger partial charge in [-0.3, -0.25) is 9.78 Å². The van der Waals surface area contributed by atoms with Crippen molar-refractivity contribution in [2.45, 2.75) is 18.8 Å². The molecule has 29 heavy (non-hydrogen) atoms. The maximum Gasteiger partial charge on any atom is 0.260 e. The molecule has 1 fully saturated rings. The zero-order valence-corrected chi connectivity index (χ0v) is 16.2. The number of carbonyl (C=O) groups is 1. The lowest BCUT2D eigenvalue weighted by Crippen LogP contribution is -2.41. The molecule has 0 aliphatic carbocycles. The summed E-state index contributed by atoms with van der Waals surface area (Å²) < 4.78 is 5.61. The Kier molecular flexibility index (Phi) is 6.00. The summed E-state index contributed by atoms with van der Waals surface area (Å²) in [7, 11) is 0. The molecule has 0 spiro atoms. The minimum absolute atomic E-state index is 0.0204. The van der Waals surface area contributed by atoms with Crippen molar-refractivity contribution >= 4 is 17.4 Å². The molecule has 148 valence electrons. The van der Waals surface area contributed by atoms with Crippen LogP contribution in [-0.2, 0) is 4.79 Å². The summed E-state index contributed by atoms with van der Waals surface area (Å²) in [5.41, 5.74) is 1.91. The number of piperidine rings is 1. The molecule has 6 heteroatoms. The van der Waals surface area contributed by atoms with E-state index in [1.807, 2.05) is 71.8 Å². The van der Waals surface area contributed by atoms with Crippen molar-refractivity contribution in [2.75, 3.05) is 25.0 Å². The number of ether oxygens (including phenoxy) is 1. The van der Waals surface area contributed by atoms with E-state index in [4.69, 9.17) is 4.74 Å². The van der Waals surface area contributed by atoms with Crippen LogP contribution in [0.5, 0.6) is 5.75 Å². The highest BCUT2D eigenvalue weighted by Gasteiger charge is 2.25. The van der Waals surface area contributed by atoms with Crippen LogP contribution in [0.1, 0.15) is 24.5 Å². The van der Waals surface area contributed by atoms with E-state index in [-0.39, 0.29) is 18.4 Å². The molecule has 2 aromatic heterocycles. The Hall–Kier alpha value is -3.41. The Labute approximate surface area is 170 Å². The molecular weight excluding hydrogens is 364 g/mol. The van der Waals surface area contributed by atoms with E-state index >= 15 is 0 Å². The van der Waals surface area contributed by atoms with Crippen molar-refractivity contribution in [2.24, 2.45) is 0 Å². The van der Waals surface area contributed by atoms with Gasteiger partial charge in [0, 0.05) is 30.9 Å². The van der Waals surface area contributed by atoms with Crippen LogP contribution in [0.4, 0.5) is 11.5 Å². The first-order chi connectivity index (χ1) is 14.3. The number of nitrogens with zero attached hydrogens (tertiary/aromatic N) is 3. The zero-order valence-electron chi connectivity index (χ0n) is 16.2. The van der Waals surface area contributed by atoms with Gasteiger partial charge in [0.05, 0.1) is 11.9 Å². The maximum atomic E-state index is 12.6. The predicted octanol–water partition coefficient (Wildman–Crippen LogP) is 4.01. The van der Waals surface area contributed by atoms with E-state index in [2.05, 4.69) is 15.3 Å². The van der Waals surface area contributed by atoms with Crippen molar-refractivity contribution in [3.05, 3.63) is 78.8 Å². The molecule has 0 saturated carbocycles. The molecule has 1 N–H and O–H groups in total. The molecule has 1 aromatic carbocycles. The van der Waals surface area contributed by atoms with E-state index < -0.39 is 0 Å². The normalized spacial score (nSPS) is 16.3. The predicted molar refractivity (Wildman–Crippen MR) is 112 cm³/mol. The van der Waals surface area contributed by atoms with Crippen LogP contribution in [0.2, 0.25) is 0 Å². The highest BCUT2D eigenvalue weighted by Crippen LogP contribution is 2.26. The highest BCUT2D eigenvalue weighted by atomic mass is 16.5. The topological polar surface area (TPSA) is 67.3 Å². The number of hydrogen-bond acceptors (Lipinski definition) is 5. The summed E-state index contributed by atoms with van der Waals surface area (Å²) in [6.07, 6.45) is 5.57. The number of carbonyl (C=O) groups excluding carboxylic acids is 1. The van der Waals surface area contributed by atoms with Crippen LogP contribution in [0.25, 0.3) is 0 Å². The number of benzene rings is 1. The van der Waals surface area contributed by atoms with Crippen molar-refractivity contribution in [1.29, 1.82) is 0 Å². The van der Waals surface area contributed by atoms with E-state index in [0.717, 1.165) is 36.6 Å². The van der Waals surface area contributed by atoms with E-state index in [9.17, 15) is 4.79 Å². The zero-order chi connectivity index (χ0) is 19.9. The molecule has 6 nitrogen and oxygen atoms in total. The second-order valence-corrected chi connectivity index (χ2v) is 7.09. The molecule has 1 aliphatic rings. The lowest BCUT2D eigenvalue weighted by Gasteiger charge is -2.32. The Bertz CT molecular complexity index is 917. The molecule has 0 bridgehead atoms. The smallest absolute Gasteiger partial charge is 0.260 e. The Balaban J connectivity index is 1.33. The summed E-state index contributed by atoms with van der Waals surface area (Å²) >= 11 is 0. The first-order valence-electron chi connectivity index (χ1n) is 9.87. The maximum absolute atomic E-state index is 12.6. The number of amides is 1. The van der Waals surface area contributed by atoms with Crippen LogP contribution < -0.4 is 10.1 Å². The second-order valence-electron chi connectivity index (χ2n) is 7.09. The third-order valence-corrected chi connectivity index (χ3v) is 5.02. The van der Waals surface area contributed by atoms with Gasteiger partial charge in [0.25, 0.3) is 5.91 Å². The van der Waals surface area contributed by atoms with Crippen LogP contribution in [-0.4, -0.2) is 40.5 Å². The fraction of sp³-hybridized carbons (Fsp3) is 0.261. The van der Waals surface area contributed by atoms with Crippen molar-refractivity contribution in [1.82, 2.24) is 14.9 Å². The van der Waals surface area contributed by atoms with Gasteiger partial charge in [-0.1, -0.05) is 24.3 Å². The summed E-state index contributed by atoms with van der Waals surface area (Å²) in [5, 5.41) is 3.24. The number of rotatable bonds is 6. The minimum Gasteiger partial charge on any atom is -0.484 e. The largest absolute Gasteiger partial charge is 0.484 e. The fourth-order valence-electron chi connectivity index (χ4n) is 3.50. The van der Waals surface area contributed by atoms with E-state index in [0.29, 0.717) is 12.3 Å². The summed E-state index contributed by atoms with van der Waals surface area (Å²) in [5.74, 6) is 1.77. The third kappa shape index (κ3) is 5.10. The molecule has 3 heterocycles. The molecule has 1 amide bonds. The standard InChI is InChI=1S/C23H24N4O2/c28-23(17-29-20-8-2-1-3-9-20)27-14-6-7-18(16-27)21-12-11-19(15-25-21)26-22-10-4-5-13-24-22/h1-5,8-13,15,18H,6-7,14,16-17H2,(H,24,26)/t18-/m1/s1. The molecule has 1 aliphatic heterocycles. The third-order valence-electron chi connectivity index (χ3n) is 5.02. The number of para-hydroxylation sites is 1. The number of pyridine rings is 2. The summed E-state index contributed by atoms with van der Waals surface area (Å²) in [6.45, 7) is 1.51. The van der Waals surface area contributed by atoms with Crippen LogP contribution >= 0.6 is 0 Å². The van der Waals surface area contributed by atoms with Crippen molar-refractivity contribution < 1.29 is 9.53 Å². The molecule has 4 rings (SSSR count). The van der Waals surface area contributed by atoms with Crippen molar-refractivity contribution in [3.8, 4) is 5.75 Å². The van der Waals surface area contributed by atoms with Gasteiger partial charge in [-0.25, -0.2) is 4.98 Å². The quantitative estimate of drug-likeness (QED) is 0.691. The summed E-state index contributed by atoms with van der Waals surface area (Å²) in [6, 6.07) is 19.2. The summed E-state index contributed by atoms with van der Waals surface area (Å²) in [4.78, 5) is 23.3. The number of likely N-dealkylation sites (tertiary alicyclic amines) is 1. The van der Waals surface area contributed by atoms with Gasteiger partial charge in [-0.05, 0) is 49.2 Å². The molecule has 3 aromatic rings. The Morgan fingerprint density at radius 2 is 1.93 bits per heavy atom. The lowest BCUT2D eigenvalue weighted by molar-refractivity contribution is -0.134. The van der Waals surface area contributed by atoms with Crippen LogP contribution in [0.15, 0.2) is 73.1 Å². The van der Waals surface area contributed by atoms with Gasteiger partial charge in [-0.2, -0.15) is 0 Å². The van der Waals surface area contributed by atoms with Gasteiger partial charge in [-0.15, -0.1) is 0 Å². The molecule has 1 atom stereocenters. The number of nitrogens with one attached hydrogen (secondary N) is 1.